The topological polar surface area (TPSA) is 33.4 Å². The van der Waals surface area contributed by atoms with E-state index in [2.05, 4.69) is 38.3 Å². The zero-order valence-electron chi connectivity index (χ0n) is 13.2. The van der Waals surface area contributed by atoms with Crippen LogP contribution in [0, 0.1) is 24.7 Å². The number of furan rings is 1. The van der Waals surface area contributed by atoms with Crippen LogP contribution in [0.15, 0.2) is 28.2 Å². The Kier molecular flexibility index (Phi) is 5.09. The molecule has 0 aliphatic carbocycles. The first-order valence-electron chi connectivity index (χ1n) is 7.54. The highest BCUT2D eigenvalue weighted by molar-refractivity contribution is 5.49. The highest BCUT2D eigenvalue weighted by Crippen LogP contribution is 2.26. The monoisotopic (exact) mass is 284 g/mol. The summed E-state index contributed by atoms with van der Waals surface area (Å²) >= 11 is 0. The standard InChI is InChI=1S/C19H24O2/c1-13(2)16-7-5-6-8-17(20)9-14(3)10-18-11-15(4)19(12-16)21-18/h10-11,16-17,20H,1,5,7,9,12H2,2-4H3/b14-10+/t16-,17-/m0/s1. The lowest BCUT2D eigenvalue weighted by atomic mass is 9.91. The molecule has 2 nitrogen and oxygen atoms in total. The molecule has 1 aromatic heterocycles. The average molecular weight is 284 g/mol. The number of allylic oxidation sites excluding steroid dienone is 1. The van der Waals surface area contributed by atoms with E-state index in [1.54, 1.807) is 0 Å². The summed E-state index contributed by atoms with van der Waals surface area (Å²) < 4.78 is 5.97. The summed E-state index contributed by atoms with van der Waals surface area (Å²) in [5.74, 6) is 8.29. The summed E-state index contributed by atoms with van der Waals surface area (Å²) in [5, 5.41) is 9.93. The third-order valence-electron chi connectivity index (χ3n) is 3.96. The van der Waals surface area contributed by atoms with E-state index in [1.165, 1.54) is 5.56 Å². The van der Waals surface area contributed by atoms with Gasteiger partial charge in [0, 0.05) is 19.3 Å². The van der Waals surface area contributed by atoms with Crippen LogP contribution in [0.5, 0.6) is 0 Å². The summed E-state index contributed by atoms with van der Waals surface area (Å²) in [7, 11) is 0. The second kappa shape index (κ2) is 6.83. The molecule has 0 aromatic carbocycles. The maximum absolute atomic E-state index is 9.93. The van der Waals surface area contributed by atoms with Gasteiger partial charge in [0.2, 0.25) is 0 Å². The minimum atomic E-state index is -0.596. The molecular formula is C19H24O2. The quantitative estimate of drug-likeness (QED) is 0.617. The van der Waals surface area contributed by atoms with Gasteiger partial charge in [-0.2, -0.15) is 0 Å². The van der Waals surface area contributed by atoms with E-state index in [1.807, 2.05) is 13.0 Å². The minimum absolute atomic E-state index is 0.375. The molecule has 21 heavy (non-hydrogen) atoms. The number of aliphatic hydroxyl groups is 1. The Bertz CT molecular complexity index is 607. The lowest BCUT2D eigenvalue weighted by Crippen LogP contribution is -2.06. The molecular weight excluding hydrogens is 260 g/mol. The molecule has 2 heteroatoms. The Hall–Kier alpha value is -1.72. The van der Waals surface area contributed by atoms with Crippen molar-refractivity contribution >= 4 is 6.08 Å². The third-order valence-corrected chi connectivity index (χ3v) is 3.96. The molecule has 0 radical (unpaired) electrons. The molecule has 112 valence electrons. The maximum Gasteiger partial charge on any atom is 0.127 e. The van der Waals surface area contributed by atoms with Gasteiger partial charge >= 0.3 is 0 Å². The fourth-order valence-corrected chi connectivity index (χ4v) is 2.66. The van der Waals surface area contributed by atoms with Crippen molar-refractivity contribution in [3.05, 3.63) is 40.9 Å². The first-order chi connectivity index (χ1) is 9.95. The number of hydrogen-bond donors (Lipinski definition) is 1. The predicted octanol–water partition coefficient (Wildman–Crippen LogP) is 4.27. The molecule has 0 amide bonds. The largest absolute Gasteiger partial charge is 0.461 e. The molecule has 2 heterocycles. The number of aliphatic hydroxyl groups excluding tert-OH is 1. The number of fused-ring (bicyclic) bond motifs is 2. The van der Waals surface area contributed by atoms with Crippen molar-refractivity contribution in [2.45, 2.75) is 52.6 Å². The number of rotatable bonds is 1. The van der Waals surface area contributed by atoms with E-state index in [0.29, 0.717) is 12.3 Å². The normalized spacial score (nSPS) is 25.4. The zero-order chi connectivity index (χ0) is 15.4. The second-order valence-electron chi connectivity index (χ2n) is 6.07. The lowest BCUT2D eigenvalue weighted by molar-refractivity contribution is 0.233. The van der Waals surface area contributed by atoms with Gasteiger partial charge in [0.25, 0.3) is 0 Å². The van der Waals surface area contributed by atoms with Gasteiger partial charge in [0.15, 0.2) is 0 Å². The predicted molar refractivity (Wildman–Crippen MR) is 86.7 cm³/mol. The highest BCUT2D eigenvalue weighted by atomic mass is 16.3. The Morgan fingerprint density at radius 3 is 2.86 bits per heavy atom. The summed E-state index contributed by atoms with van der Waals surface area (Å²) in [6.45, 7) is 10.2. The van der Waals surface area contributed by atoms with Crippen molar-refractivity contribution in [1.82, 2.24) is 0 Å². The van der Waals surface area contributed by atoms with Crippen molar-refractivity contribution in [2.75, 3.05) is 0 Å². The molecule has 1 aliphatic rings. The Labute approximate surface area is 127 Å². The van der Waals surface area contributed by atoms with Crippen LogP contribution in [0.3, 0.4) is 0 Å². The van der Waals surface area contributed by atoms with Crippen LogP contribution in [-0.2, 0) is 6.42 Å². The fourth-order valence-electron chi connectivity index (χ4n) is 2.66. The van der Waals surface area contributed by atoms with Gasteiger partial charge in [-0.3, -0.25) is 0 Å². The van der Waals surface area contributed by atoms with Gasteiger partial charge in [-0.05, 0) is 50.8 Å². The molecule has 0 fully saturated rings. The number of aryl methyl sites for hydroxylation is 1. The van der Waals surface area contributed by atoms with Gasteiger partial charge in [0.1, 0.15) is 17.6 Å². The van der Waals surface area contributed by atoms with Crippen LogP contribution >= 0.6 is 0 Å². The van der Waals surface area contributed by atoms with Gasteiger partial charge in [-0.15, -0.1) is 5.92 Å². The zero-order valence-corrected chi connectivity index (χ0v) is 13.2. The molecule has 0 spiro atoms. The van der Waals surface area contributed by atoms with Crippen molar-refractivity contribution < 1.29 is 9.52 Å². The van der Waals surface area contributed by atoms with E-state index in [0.717, 1.165) is 41.9 Å². The Balaban J connectivity index is 2.34. The van der Waals surface area contributed by atoms with Crippen LogP contribution in [0.25, 0.3) is 6.08 Å². The van der Waals surface area contributed by atoms with Gasteiger partial charge in [-0.25, -0.2) is 0 Å². The molecule has 0 saturated carbocycles. The summed E-state index contributed by atoms with van der Waals surface area (Å²) in [5.41, 5.74) is 3.42. The molecule has 0 saturated heterocycles. The molecule has 1 aliphatic heterocycles. The molecule has 2 rings (SSSR count). The highest BCUT2D eigenvalue weighted by Gasteiger charge is 2.16. The van der Waals surface area contributed by atoms with E-state index >= 15 is 0 Å². The van der Waals surface area contributed by atoms with Crippen LogP contribution in [0.1, 0.15) is 50.2 Å². The first-order valence-corrected chi connectivity index (χ1v) is 7.54. The second-order valence-corrected chi connectivity index (χ2v) is 6.07. The summed E-state index contributed by atoms with van der Waals surface area (Å²) in [6, 6.07) is 2.07. The Morgan fingerprint density at radius 1 is 1.38 bits per heavy atom. The van der Waals surface area contributed by atoms with E-state index in [-0.39, 0.29) is 0 Å². The smallest absolute Gasteiger partial charge is 0.127 e. The minimum Gasteiger partial charge on any atom is -0.461 e. The van der Waals surface area contributed by atoms with Crippen LogP contribution in [-0.4, -0.2) is 11.2 Å². The first kappa shape index (κ1) is 15.7. The maximum atomic E-state index is 9.93. The van der Waals surface area contributed by atoms with E-state index in [4.69, 9.17) is 4.42 Å². The summed E-state index contributed by atoms with van der Waals surface area (Å²) in [4.78, 5) is 0. The fraction of sp³-hybridized carbons (Fsp3) is 0.474. The van der Waals surface area contributed by atoms with Gasteiger partial charge in [0.05, 0.1) is 0 Å². The SMILES string of the molecule is C=C(C)[C@H]1CCC#C[C@H](O)C/C(C)=C/c2cc(C)c(o2)C1. The molecule has 2 bridgehead atoms. The molecule has 2 atom stereocenters. The lowest BCUT2D eigenvalue weighted by Gasteiger charge is -2.14. The van der Waals surface area contributed by atoms with Gasteiger partial charge < -0.3 is 9.52 Å². The number of hydrogen-bond acceptors (Lipinski definition) is 2. The third kappa shape index (κ3) is 4.37. The summed E-state index contributed by atoms with van der Waals surface area (Å²) in [6.07, 6.45) is 4.57. The van der Waals surface area contributed by atoms with Crippen LogP contribution < -0.4 is 0 Å². The van der Waals surface area contributed by atoms with Crippen molar-refractivity contribution in [1.29, 1.82) is 0 Å². The van der Waals surface area contributed by atoms with Crippen molar-refractivity contribution in [3.63, 3.8) is 0 Å². The van der Waals surface area contributed by atoms with Crippen LogP contribution in [0.4, 0.5) is 0 Å². The average Bonchev–Trinajstić information content (AvgIpc) is 2.72. The van der Waals surface area contributed by atoms with Crippen LogP contribution in [0.2, 0.25) is 0 Å². The van der Waals surface area contributed by atoms with Gasteiger partial charge in [-0.1, -0.05) is 23.6 Å². The van der Waals surface area contributed by atoms with Crippen molar-refractivity contribution in [3.8, 4) is 11.8 Å². The van der Waals surface area contributed by atoms with E-state index in [9.17, 15) is 5.11 Å². The Morgan fingerprint density at radius 2 is 2.14 bits per heavy atom. The molecule has 1 aromatic rings. The van der Waals surface area contributed by atoms with E-state index < -0.39 is 6.10 Å². The van der Waals surface area contributed by atoms with Crippen molar-refractivity contribution in [2.24, 2.45) is 5.92 Å². The molecule has 0 unspecified atom stereocenters. The molecule has 1 N–H and O–H groups in total.